The van der Waals surface area contributed by atoms with Crippen LogP contribution in [0.15, 0.2) is 28.9 Å². The van der Waals surface area contributed by atoms with Crippen molar-refractivity contribution in [1.29, 1.82) is 0 Å². The van der Waals surface area contributed by atoms with Gasteiger partial charge in [-0.2, -0.15) is 0 Å². The molecule has 1 heterocycles. The Bertz CT molecular complexity index is 575. The van der Waals surface area contributed by atoms with E-state index in [2.05, 4.69) is 5.32 Å². The van der Waals surface area contributed by atoms with Gasteiger partial charge in [-0.05, 0) is 31.7 Å². The van der Waals surface area contributed by atoms with Gasteiger partial charge < -0.3 is 14.8 Å². The van der Waals surface area contributed by atoms with Crippen molar-refractivity contribution in [3.63, 3.8) is 0 Å². The number of nitrogens with one attached hydrogen (secondary N) is 1. The molecular formula is C16H19NO4. The third-order valence-corrected chi connectivity index (χ3v) is 4.45. The van der Waals surface area contributed by atoms with Gasteiger partial charge in [0.25, 0.3) is 0 Å². The van der Waals surface area contributed by atoms with Crippen LogP contribution in [0.25, 0.3) is 0 Å². The fourth-order valence-electron chi connectivity index (χ4n) is 3.29. The summed E-state index contributed by atoms with van der Waals surface area (Å²) in [5.41, 5.74) is 1.04. The SMILES string of the molecule is O=C(O)C1CC=CCC1C(=O)NC1CCCc2occc21. The van der Waals surface area contributed by atoms with Crippen LogP contribution in [-0.4, -0.2) is 17.0 Å². The van der Waals surface area contributed by atoms with Crippen LogP contribution in [0.4, 0.5) is 0 Å². The van der Waals surface area contributed by atoms with Crippen molar-refractivity contribution in [2.24, 2.45) is 11.8 Å². The molecule has 1 aromatic heterocycles. The highest BCUT2D eigenvalue weighted by Gasteiger charge is 2.35. The summed E-state index contributed by atoms with van der Waals surface area (Å²) in [7, 11) is 0. The summed E-state index contributed by atoms with van der Waals surface area (Å²) in [6, 6.07) is 1.84. The third-order valence-electron chi connectivity index (χ3n) is 4.45. The van der Waals surface area contributed by atoms with Gasteiger partial charge in [0, 0.05) is 12.0 Å². The molecule has 0 aromatic carbocycles. The Morgan fingerprint density at radius 1 is 1.24 bits per heavy atom. The smallest absolute Gasteiger partial charge is 0.307 e. The predicted octanol–water partition coefficient (Wildman–Crippen LogP) is 2.44. The van der Waals surface area contributed by atoms with E-state index in [0.717, 1.165) is 30.6 Å². The van der Waals surface area contributed by atoms with E-state index in [-0.39, 0.29) is 11.9 Å². The summed E-state index contributed by atoms with van der Waals surface area (Å²) < 4.78 is 5.42. The number of allylic oxidation sites excluding steroid dienone is 2. The summed E-state index contributed by atoms with van der Waals surface area (Å²) in [5, 5.41) is 12.3. The number of rotatable bonds is 3. The second-order valence-electron chi connectivity index (χ2n) is 5.75. The number of hydrogen-bond acceptors (Lipinski definition) is 3. The van der Waals surface area contributed by atoms with E-state index in [4.69, 9.17) is 4.42 Å². The Morgan fingerprint density at radius 3 is 2.76 bits per heavy atom. The normalized spacial score (nSPS) is 27.9. The molecule has 0 aliphatic heterocycles. The summed E-state index contributed by atoms with van der Waals surface area (Å²) in [6.07, 6.45) is 9.06. The number of carbonyl (C=O) groups excluding carboxylic acids is 1. The van der Waals surface area contributed by atoms with Gasteiger partial charge in [0.05, 0.1) is 24.1 Å². The molecule has 0 spiro atoms. The summed E-state index contributed by atoms with van der Waals surface area (Å²) in [6.45, 7) is 0. The molecule has 0 fully saturated rings. The molecule has 2 N–H and O–H groups in total. The molecule has 5 nitrogen and oxygen atoms in total. The zero-order chi connectivity index (χ0) is 14.8. The summed E-state index contributed by atoms with van der Waals surface area (Å²) in [5.74, 6) is -1.23. The van der Waals surface area contributed by atoms with Crippen LogP contribution in [0.2, 0.25) is 0 Å². The molecule has 0 saturated heterocycles. The van der Waals surface area contributed by atoms with Crippen LogP contribution in [0.5, 0.6) is 0 Å². The maximum atomic E-state index is 12.5. The highest BCUT2D eigenvalue weighted by atomic mass is 16.4. The van der Waals surface area contributed by atoms with Gasteiger partial charge in [-0.15, -0.1) is 0 Å². The summed E-state index contributed by atoms with van der Waals surface area (Å²) >= 11 is 0. The molecule has 2 aliphatic carbocycles. The van der Waals surface area contributed by atoms with E-state index >= 15 is 0 Å². The molecule has 1 aromatic rings. The molecule has 0 saturated carbocycles. The lowest BCUT2D eigenvalue weighted by molar-refractivity contribution is -0.147. The highest BCUT2D eigenvalue weighted by Crippen LogP contribution is 2.32. The minimum atomic E-state index is -0.896. The number of carboxylic acid groups (broad SMARTS) is 1. The van der Waals surface area contributed by atoms with E-state index in [0.29, 0.717) is 12.8 Å². The fraction of sp³-hybridized carbons (Fsp3) is 0.500. The van der Waals surface area contributed by atoms with Gasteiger partial charge in [0.15, 0.2) is 0 Å². The maximum absolute atomic E-state index is 12.5. The molecule has 1 amide bonds. The average Bonchev–Trinajstić information content (AvgIpc) is 2.96. The van der Waals surface area contributed by atoms with Crippen molar-refractivity contribution in [2.75, 3.05) is 0 Å². The second-order valence-corrected chi connectivity index (χ2v) is 5.75. The van der Waals surface area contributed by atoms with Crippen molar-refractivity contribution >= 4 is 11.9 Å². The van der Waals surface area contributed by atoms with Crippen LogP contribution < -0.4 is 5.32 Å². The summed E-state index contributed by atoms with van der Waals surface area (Å²) in [4.78, 5) is 23.8. The zero-order valence-corrected chi connectivity index (χ0v) is 11.7. The van der Waals surface area contributed by atoms with Crippen LogP contribution in [0, 0.1) is 11.8 Å². The molecule has 2 aliphatic rings. The second kappa shape index (κ2) is 5.76. The Morgan fingerprint density at radius 2 is 2.00 bits per heavy atom. The van der Waals surface area contributed by atoms with Crippen LogP contribution >= 0.6 is 0 Å². The number of carboxylic acids is 1. The number of aryl methyl sites for hydroxylation is 1. The number of carbonyl (C=O) groups is 2. The quantitative estimate of drug-likeness (QED) is 0.838. The minimum Gasteiger partial charge on any atom is -0.481 e. The Hall–Kier alpha value is -2.04. The number of amides is 1. The Kier molecular flexibility index (Phi) is 3.82. The minimum absolute atomic E-state index is 0.0552. The predicted molar refractivity (Wildman–Crippen MR) is 75.5 cm³/mol. The fourth-order valence-corrected chi connectivity index (χ4v) is 3.29. The van der Waals surface area contributed by atoms with Crippen molar-refractivity contribution in [1.82, 2.24) is 5.32 Å². The van der Waals surface area contributed by atoms with Gasteiger partial charge >= 0.3 is 5.97 Å². The Labute approximate surface area is 123 Å². The lowest BCUT2D eigenvalue weighted by atomic mass is 9.82. The van der Waals surface area contributed by atoms with E-state index < -0.39 is 17.8 Å². The maximum Gasteiger partial charge on any atom is 0.307 e. The molecule has 21 heavy (non-hydrogen) atoms. The number of fused-ring (bicyclic) bond motifs is 1. The van der Waals surface area contributed by atoms with Gasteiger partial charge in [-0.25, -0.2) is 0 Å². The van der Waals surface area contributed by atoms with Gasteiger partial charge in [0.1, 0.15) is 5.76 Å². The van der Waals surface area contributed by atoms with E-state index in [9.17, 15) is 14.7 Å². The Balaban J connectivity index is 1.72. The zero-order valence-electron chi connectivity index (χ0n) is 11.7. The first kappa shape index (κ1) is 13.9. The third kappa shape index (κ3) is 2.73. The van der Waals surface area contributed by atoms with Gasteiger partial charge in [-0.1, -0.05) is 12.2 Å². The van der Waals surface area contributed by atoms with Crippen molar-refractivity contribution in [2.45, 2.75) is 38.1 Å². The molecule has 112 valence electrons. The van der Waals surface area contributed by atoms with Crippen LogP contribution in [0.1, 0.15) is 43.0 Å². The number of hydrogen-bond donors (Lipinski definition) is 2. The molecular weight excluding hydrogens is 270 g/mol. The first-order valence-electron chi connectivity index (χ1n) is 7.41. The number of aliphatic carboxylic acids is 1. The topological polar surface area (TPSA) is 79.5 Å². The van der Waals surface area contributed by atoms with E-state index in [1.54, 1.807) is 6.26 Å². The van der Waals surface area contributed by atoms with Crippen LogP contribution in [0.3, 0.4) is 0 Å². The largest absolute Gasteiger partial charge is 0.481 e. The van der Waals surface area contributed by atoms with Gasteiger partial charge in [0.2, 0.25) is 5.91 Å². The molecule has 3 unspecified atom stereocenters. The first-order valence-corrected chi connectivity index (χ1v) is 7.41. The molecule has 0 bridgehead atoms. The van der Waals surface area contributed by atoms with Crippen molar-refractivity contribution in [3.05, 3.63) is 35.8 Å². The monoisotopic (exact) mass is 289 g/mol. The standard InChI is InChI=1S/C16H19NO4/c18-15(10-4-1-2-5-11(10)16(19)20)17-13-6-3-7-14-12(13)8-9-21-14/h1-2,8-11,13H,3-7H2,(H,17,18)(H,19,20). The molecule has 3 atom stereocenters. The molecule has 0 radical (unpaired) electrons. The van der Waals surface area contributed by atoms with Crippen molar-refractivity contribution in [3.8, 4) is 0 Å². The average molecular weight is 289 g/mol. The van der Waals surface area contributed by atoms with Crippen LogP contribution in [-0.2, 0) is 16.0 Å². The van der Waals surface area contributed by atoms with Gasteiger partial charge in [-0.3, -0.25) is 9.59 Å². The number of furan rings is 1. The van der Waals surface area contributed by atoms with E-state index in [1.807, 2.05) is 18.2 Å². The molecule has 3 rings (SSSR count). The van der Waals surface area contributed by atoms with Crippen molar-refractivity contribution < 1.29 is 19.1 Å². The van der Waals surface area contributed by atoms with E-state index in [1.165, 1.54) is 0 Å². The molecule has 5 heteroatoms. The highest BCUT2D eigenvalue weighted by molar-refractivity contribution is 5.85. The lowest BCUT2D eigenvalue weighted by Crippen LogP contribution is -2.41. The first-order chi connectivity index (χ1) is 10.2. The lowest BCUT2D eigenvalue weighted by Gasteiger charge is -2.28.